The van der Waals surface area contributed by atoms with Gasteiger partial charge in [-0.25, -0.2) is 4.39 Å². The average Bonchev–Trinajstić information content (AvgIpc) is 3.09. The minimum absolute atomic E-state index is 0. The fourth-order valence-electron chi connectivity index (χ4n) is 4.14. The molecule has 7 heteroatoms. The number of morpholine rings is 1. The maximum absolute atomic E-state index is 13.2. The summed E-state index contributed by atoms with van der Waals surface area (Å²) < 4.78 is 18.9. The summed E-state index contributed by atoms with van der Waals surface area (Å²) in [5, 5.41) is 0. The van der Waals surface area contributed by atoms with E-state index in [0.29, 0.717) is 26.2 Å². The van der Waals surface area contributed by atoms with Crippen molar-refractivity contribution in [2.75, 3.05) is 39.3 Å². The van der Waals surface area contributed by atoms with Crippen molar-refractivity contribution in [3.8, 4) is 0 Å². The summed E-state index contributed by atoms with van der Waals surface area (Å²) >= 11 is 0. The van der Waals surface area contributed by atoms with Crippen LogP contribution < -0.4 is 5.73 Å². The first-order chi connectivity index (χ1) is 13.6. The van der Waals surface area contributed by atoms with Crippen LogP contribution in [-0.4, -0.2) is 61.1 Å². The van der Waals surface area contributed by atoms with Gasteiger partial charge in [0.05, 0.1) is 19.7 Å². The van der Waals surface area contributed by atoms with Gasteiger partial charge in [-0.2, -0.15) is 0 Å². The van der Waals surface area contributed by atoms with Gasteiger partial charge in [-0.05, 0) is 23.3 Å². The second-order valence-electron chi connectivity index (χ2n) is 7.63. The van der Waals surface area contributed by atoms with Gasteiger partial charge < -0.3 is 15.4 Å². The van der Waals surface area contributed by atoms with Gasteiger partial charge in [-0.1, -0.05) is 42.5 Å². The quantitative estimate of drug-likeness (QED) is 0.827. The van der Waals surface area contributed by atoms with Gasteiger partial charge in [0.25, 0.3) is 0 Å². The van der Waals surface area contributed by atoms with Crippen LogP contribution in [0.2, 0.25) is 0 Å². The van der Waals surface area contributed by atoms with E-state index in [1.807, 2.05) is 23.1 Å². The highest BCUT2D eigenvalue weighted by Gasteiger charge is 2.33. The Kier molecular flexibility index (Phi) is 7.24. The van der Waals surface area contributed by atoms with Crippen molar-refractivity contribution in [2.45, 2.75) is 18.1 Å². The highest BCUT2D eigenvalue weighted by Crippen LogP contribution is 2.27. The number of halogens is 2. The predicted octanol–water partition coefficient (Wildman–Crippen LogP) is 2.57. The zero-order valence-electron chi connectivity index (χ0n) is 16.2. The smallest absolute Gasteiger partial charge is 0.236 e. The maximum atomic E-state index is 13.2. The lowest BCUT2D eigenvalue weighted by Crippen LogP contribution is -2.46. The number of amides is 1. The Labute approximate surface area is 177 Å². The van der Waals surface area contributed by atoms with Gasteiger partial charge in [-0.3, -0.25) is 9.69 Å². The number of rotatable bonds is 4. The molecule has 3 atom stereocenters. The third-order valence-corrected chi connectivity index (χ3v) is 5.69. The third kappa shape index (κ3) is 5.14. The lowest BCUT2D eigenvalue weighted by molar-refractivity contribution is -0.140. The largest absolute Gasteiger partial charge is 0.370 e. The summed E-state index contributed by atoms with van der Waals surface area (Å²) in [5.74, 6) is 0.0767. The molecule has 0 aliphatic carbocycles. The van der Waals surface area contributed by atoms with Gasteiger partial charge in [-0.15, -0.1) is 12.4 Å². The molecule has 2 aliphatic rings. The van der Waals surface area contributed by atoms with E-state index in [1.165, 1.54) is 17.7 Å². The van der Waals surface area contributed by atoms with E-state index >= 15 is 0 Å². The molecule has 0 saturated carbocycles. The summed E-state index contributed by atoms with van der Waals surface area (Å²) in [5.41, 5.74) is 8.47. The molecule has 156 valence electrons. The SMILES string of the molecule is Cl.N[C@@H]1CN(CC(=O)N2CCOC(c3ccc(F)cc3)C2)C[C@H]1c1ccccc1. The fourth-order valence-corrected chi connectivity index (χ4v) is 4.14. The number of carbonyl (C=O) groups excluding carboxylic acids is 1. The number of benzene rings is 2. The van der Waals surface area contributed by atoms with Crippen LogP contribution in [0.3, 0.4) is 0 Å². The molecule has 2 heterocycles. The van der Waals surface area contributed by atoms with Gasteiger partial charge in [0.15, 0.2) is 0 Å². The van der Waals surface area contributed by atoms with Crippen LogP contribution in [0.15, 0.2) is 54.6 Å². The first-order valence-electron chi connectivity index (χ1n) is 9.78. The van der Waals surface area contributed by atoms with E-state index in [9.17, 15) is 9.18 Å². The lowest BCUT2D eigenvalue weighted by Gasteiger charge is -2.34. The molecule has 2 fully saturated rings. The highest BCUT2D eigenvalue weighted by atomic mass is 35.5. The van der Waals surface area contributed by atoms with E-state index in [1.54, 1.807) is 12.1 Å². The number of hydrogen-bond donors (Lipinski definition) is 1. The van der Waals surface area contributed by atoms with Crippen molar-refractivity contribution in [3.05, 3.63) is 71.5 Å². The van der Waals surface area contributed by atoms with Crippen LogP contribution in [0.4, 0.5) is 4.39 Å². The molecule has 2 aliphatic heterocycles. The molecular formula is C22H27ClFN3O2. The Bertz CT molecular complexity index is 805. The molecule has 2 aromatic carbocycles. The van der Waals surface area contributed by atoms with Gasteiger partial charge in [0.2, 0.25) is 5.91 Å². The number of nitrogens with two attached hydrogens (primary N) is 1. The van der Waals surface area contributed by atoms with Crippen LogP contribution in [-0.2, 0) is 9.53 Å². The van der Waals surface area contributed by atoms with E-state index in [2.05, 4.69) is 17.0 Å². The maximum Gasteiger partial charge on any atom is 0.236 e. The third-order valence-electron chi connectivity index (χ3n) is 5.69. The normalized spacial score (nSPS) is 24.9. The number of likely N-dealkylation sites (tertiary alicyclic amines) is 1. The molecule has 0 spiro atoms. The summed E-state index contributed by atoms with van der Waals surface area (Å²) in [7, 11) is 0. The Hall–Kier alpha value is -1.99. The molecule has 0 bridgehead atoms. The fraction of sp³-hybridized carbons (Fsp3) is 0.409. The summed E-state index contributed by atoms with van der Waals surface area (Å²) in [6.45, 7) is 3.44. The Morgan fingerprint density at radius 1 is 1.03 bits per heavy atom. The van der Waals surface area contributed by atoms with Crippen LogP contribution in [0.25, 0.3) is 0 Å². The summed E-state index contributed by atoms with van der Waals surface area (Å²) in [6, 6.07) is 16.6. The summed E-state index contributed by atoms with van der Waals surface area (Å²) in [6.07, 6.45) is -0.212. The van der Waals surface area contributed by atoms with Crippen molar-refractivity contribution in [1.82, 2.24) is 9.80 Å². The first-order valence-corrected chi connectivity index (χ1v) is 9.78. The molecule has 1 amide bonds. The molecule has 4 rings (SSSR count). The number of carbonyl (C=O) groups is 1. The molecule has 2 saturated heterocycles. The monoisotopic (exact) mass is 419 g/mol. The van der Waals surface area contributed by atoms with E-state index in [4.69, 9.17) is 10.5 Å². The zero-order valence-corrected chi connectivity index (χ0v) is 17.1. The van der Waals surface area contributed by atoms with Crippen LogP contribution in [0.5, 0.6) is 0 Å². The highest BCUT2D eigenvalue weighted by molar-refractivity contribution is 5.85. The Morgan fingerprint density at radius 3 is 2.48 bits per heavy atom. The molecule has 2 N–H and O–H groups in total. The summed E-state index contributed by atoms with van der Waals surface area (Å²) in [4.78, 5) is 16.9. The van der Waals surface area contributed by atoms with E-state index in [0.717, 1.165) is 18.7 Å². The van der Waals surface area contributed by atoms with Crippen LogP contribution in [0, 0.1) is 5.82 Å². The van der Waals surface area contributed by atoms with Crippen molar-refractivity contribution >= 4 is 18.3 Å². The average molecular weight is 420 g/mol. The minimum atomic E-state index is -0.272. The molecule has 1 unspecified atom stereocenters. The molecular weight excluding hydrogens is 393 g/mol. The standard InChI is InChI=1S/C22H26FN3O2.ClH/c23-18-8-6-17(7-9-18)21-14-26(10-11-28-21)22(27)15-25-12-19(20(24)13-25)16-4-2-1-3-5-16;/h1-9,19-21H,10-15,24H2;1H/t19-,20+,21?;/m0./s1. The molecule has 0 aromatic heterocycles. The van der Waals surface area contributed by atoms with Gasteiger partial charge >= 0.3 is 0 Å². The predicted molar refractivity (Wildman–Crippen MR) is 113 cm³/mol. The number of nitrogens with zero attached hydrogens (tertiary/aromatic N) is 2. The topological polar surface area (TPSA) is 58.8 Å². The van der Waals surface area contributed by atoms with Crippen LogP contribution >= 0.6 is 12.4 Å². The minimum Gasteiger partial charge on any atom is -0.370 e. The van der Waals surface area contributed by atoms with E-state index in [-0.39, 0.29) is 42.2 Å². The molecule has 29 heavy (non-hydrogen) atoms. The van der Waals surface area contributed by atoms with Crippen molar-refractivity contribution in [1.29, 1.82) is 0 Å². The molecule has 2 aromatic rings. The van der Waals surface area contributed by atoms with Crippen LogP contribution in [0.1, 0.15) is 23.1 Å². The number of hydrogen-bond acceptors (Lipinski definition) is 4. The zero-order chi connectivity index (χ0) is 19.5. The van der Waals surface area contributed by atoms with Crippen molar-refractivity contribution in [2.24, 2.45) is 5.73 Å². The van der Waals surface area contributed by atoms with Gasteiger partial charge in [0, 0.05) is 31.6 Å². The lowest BCUT2D eigenvalue weighted by atomic mass is 9.95. The molecule has 0 radical (unpaired) electrons. The van der Waals surface area contributed by atoms with Crippen molar-refractivity contribution in [3.63, 3.8) is 0 Å². The second-order valence-corrected chi connectivity index (χ2v) is 7.63. The van der Waals surface area contributed by atoms with E-state index < -0.39 is 0 Å². The second kappa shape index (κ2) is 9.67. The number of ether oxygens (including phenoxy) is 1. The van der Waals surface area contributed by atoms with Crippen molar-refractivity contribution < 1.29 is 13.9 Å². The van der Waals surface area contributed by atoms with Gasteiger partial charge in [0.1, 0.15) is 11.9 Å². The molecule has 5 nitrogen and oxygen atoms in total. The Morgan fingerprint density at radius 2 is 1.76 bits per heavy atom. The first kappa shape index (κ1) is 21.7. The Balaban J connectivity index is 0.00000240.